The van der Waals surface area contributed by atoms with Crippen molar-refractivity contribution in [2.45, 2.75) is 99.4 Å². The predicted octanol–water partition coefficient (Wildman–Crippen LogP) is 5.51. The van der Waals surface area contributed by atoms with Gasteiger partial charge in [-0.05, 0) is 57.6 Å². The van der Waals surface area contributed by atoms with Crippen molar-refractivity contribution < 1.29 is 24.5 Å². The molecular weight excluding hydrogens is 462 g/mol. The Morgan fingerprint density at radius 3 is 2.46 bits per heavy atom. The summed E-state index contributed by atoms with van der Waals surface area (Å²) in [4.78, 5) is 30.7. The van der Waals surface area contributed by atoms with Gasteiger partial charge in [0.2, 0.25) is 0 Å². The van der Waals surface area contributed by atoms with Gasteiger partial charge >= 0.3 is 5.97 Å². The van der Waals surface area contributed by atoms with Gasteiger partial charge in [-0.1, -0.05) is 46.3 Å². The molecule has 0 saturated heterocycles. The lowest BCUT2D eigenvalue weighted by Gasteiger charge is -2.34. The summed E-state index contributed by atoms with van der Waals surface area (Å²) in [7, 11) is 0. The quantitative estimate of drug-likeness (QED) is 0.406. The van der Waals surface area contributed by atoms with Gasteiger partial charge in [-0.3, -0.25) is 9.59 Å². The molecule has 2 N–H and O–H groups in total. The minimum atomic E-state index is -1.22. The first-order valence-corrected chi connectivity index (χ1v) is 13.5. The number of nitrogens with zero attached hydrogens (tertiary/aromatic N) is 1. The van der Waals surface area contributed by atoms with Crippen LogP contribution in [0.5, 0.6) is 0 Å². The number of carbonyl (C=O) groups is 2. The number of ketones is 1. The Hall–Kier alpha value is -1.83. The summed E-state index contributed by atoms with van der Waals surface area (Å²) in [6.07, 6.45) is 3.78. The number of rotatable bonds is 2. The maximum atomic E-state index is 13.2. The van der Waals surface area contributed by atoms with E-state index in [2.05, 4.69) is 18.0 Å². The first-order chi connectivity index (χ1) is 16.2. The highest BCUT2D eigenvalue weighted by atomic mass is 32.1. The topological polar surface area (TPSA) is 96.7 Å². The second kappa shape index (κ2) is 12.4. The van der Waals surface area contributed by atoms with E-state index in [9.17, 15) is 19.8 Å². The molecule has 1 aromatic rings. The van der Waals surface area contributed by atoms with Crippen LogP contribution in [0.4, 0.5) is 0 Å². The fourth-order valence-corrected chi connectivity index (χ4v) is 5.44. The van der Waals surface area contributed by atoms with Crippen LogP contribution >= 0.6 is 11.3 Å². The molecule has 2 heterocycles. The van der Waals surface area contributed by atoms with E-state index in [1.807, 2.05) is 39.2 Å². The summed E-state index contributed by atoms with van der Waals surface area (Å²) in [6, 6.07) is 0. The molecule has 6 nitrogen and oxygen atoms in total. The number of Topliss-reactive ketones (excluding diaryl/α,β-unsaturated/α-hetero) is 1. The Kier molecular flexibility index (Phi) is 10.4. The lowest BCUT2D eigenvalue weighted by Crippen LogP contribution is -2.45. The number of aliphatic hydroxyl groups excluding tert-OH is 2. The van der Waals surface area contributed by atoms with E-state index in [1.165, 1.54) is 5.57 Å². The molecule has 35 heavy (non-hydrogen) atoms. The maximum absolute atomic E-state index is 13.2. The van der Waals surface area contributed by atoms with E-state index >= 15 is 0 Å². The van der Waals surface area contributed by atoms with Crippen molar-refractivity contribution in [3.05, 3.63) is 33.3 Å². The number of allylic oxidation sites excluding steroid dienone is 1. The summed E-state index contributed by atoms with van der Waals surface area (Å²) in [5, 5.41) is 24.6. The van der Waals surface area contributed by atoms with Gasteiger partial charge in [0.25, 0.3) is 0 Å². The Labute approximate surface area is 214 Å². The molecule has 0 spiro atoms. The van der Waals surface area contributed by atoms with Crippen molar-refractivity contribution in [1.29, 1.82) is 0 Å². The van der Waals surface area contributed by atoms with Crippen LogP contribution in [0.15, 0.2) is 22.6 Å². The van der Waals surface area contributed by atoms with E-state index in [0.717, 1.165) is 35.5 Å². The van der Waals surface area contributed by atoms with Gasteiger partial charge in [0.1, 0.15) is 11.9 Å². The maximum Gasteiger partial charge on any atom is 0.309 e. The van der Waals surface area contributed by atoms with Crippen molar-refractivity contribution in [2.75, 3.05) is 0 Å². The zero-order chi connectivity index (χ0) is 26.5. The van der Waals surface area contributed by atoms with Crippen LogP contribution in [0, 0.1) is 30.1 Å². The molecule has 2 rings (SSSR count). The SMILES string of the molecule is C/C1=C\[C@H](C)[C@@H](/C(C)=C/c2csc(C)n2)OC(=O)C[C@H](O)C(C)(C)C(=O)[C@H](C)[C@@H](O)[C@@H](C)CCC1. The molecular formula is C28H43NO5S. The van der Waals surface area contributed by atoms with Gasteiger partial charge in [-0.15, -0.1) is 11.3 Å². The first kappa shape index (κ1) is 29.4. The lowest BCUT2D eigenvalue weighted by atomic mass is 9.73. The van der Waals surface area contributed by atoms with Crippen LogP contribution in [-0.4, -0.2) is 45.3 Å². The molecule has 0 radical (unpaired) electrons. The average molecular weight is 506 g/mol. The highest BCUT2D eigenvalue weighted by Crippen LogP contribution is 2.33. The Morgan fingerprint density at radius 1 is 1.20 bits per heavy atom. The summed E-state index contributed by atoms with van der Waals surface area (Å²) in [5.74, 6) is -1.59. The zero-order valence-corrected chi connectivity index (χ0v) is 23.3. The second-order valence-electron chi connectivity index (χ2n) is 10.9. The van der Waals surface area contributed by atoms with E-state index in [1.54, 1.807) is 32.1 Å². The number of esters is 1. The smallest absolute Gasteiger partial charge is 0.309 e. The predicted molar refractivity (Wildman–Crippen MR) is 141 cm³/mol. The monoisotopic (exact) mass is 505 g/mol. The number of aryl methyl sites for hydroxylation is 1. The molecule has 7 heteroatoms. The Balaban J connectivity index is 2.40. The number of carbonyl (C=O) groups excluding carboxylic acids is 2. The standard InChI is InChI=1S/C28H43NO5S/c1-16-10-9-11-17(2)25(32)20(5)27(33)28(7,8)23(30)14-24(31)34-26(18(3)12-16)19(4)13-22-15-35-21(6)29-22/h12-13,15,17-18,20,23,25-26,30,32H,9-11,14H2,1-8H3/b16-12+,19-13+/t17-,18-,20+,23-,25-,26-/m0/s1. The van der Waals surface area contributed by atoms with Crippen LogP contribution in [0.25, 0.3) is 6.08 Å². The number of ether oxygens (including phenoxy) is 1. The second-order valence-corrected chi connectivity index (χ2v) is 12.0. The summed E-state index contributed by atoms with van der Waals surface area (Å²) in [6.45, 7) is 14.9. The third kappa shape index (κ3) is 7.83. The molecule has 1 aromatic heterocycles. The van der Waals surface area contributed by atoms with Crippen LogP contribution < -0.4 is 0 Å². The molecule has 0 fully saturated rings. The zero-order valence-electron chi connectivity index (χ0n) is 22.5. The summed E-state index contributed by atoms with van der Waals surface area (Å²) < 4.78 is 5.92. The highest BCUT2D eigenvalue weighted by molar-refractivity contribution is 7.09. The van der Waals surface area contributed by atoms with Crippen molar-refractivity contribution in [2.24, 2.45) is 23.2 Å². The van der Waals surface area contributed by atoms with Gasteiger partial charge in [0.05, 0.1) is 34.7 Å². The molecule has 0 bridgehead atoms. The summed E-state index contributed by atoms with van der Waals surface area (Å²) in [5.41, 5.74) is 1.69. The average Bonchev–Trinajstić information content (AvgIpc) is 3.19. The number of hydrogen-bond acceptors (Lipinski definition) is 7. The highest BCUT2D eigenvalue weighted by Gasteiger charge is 2.42. The molecule has 6 atom stereocenters. The number of aromatic nitrogens is 1. The minimum Gasteiger partial charge on any atom is -0.457 e. The van der Waals surface area contributed by atoms with Gasteiger partial charge < -0.3 is 14.9 Å². The van der Waals surface area contributed by atoms with Crippen molar-refractivity contribution in [3.8, 4) is 0 Å². The molecule has 196 valence electrons. The van der Waals surface area contributed by atoms with Gasteiger partial charge in [0.15, 0.2) is 0 Å². The lowest BCUT2D eigenvalue weighted by molar-refractivity contribution is -0.155. The van der Waals surface area contributed by atoms with E-state index in [4.69, 9.17) is 4.74 Å². The Bertz CT molecular complexity index is 947. The third-order valence-corrected chi connectivity index (χ3v) is 8.10. The van der Waals surface area contributed by atoms with E-state index < -0.39 is 35.6 Å². The fraction of sp³-hybridized carbons (Fsp3) is 0.679. The van der Waals surface area contributed by atoms with Gasteiger partial charge in [-0.25, -0.2) is 4.98 Å². The molecule has 0 aromatic carbocycles. The number of aliphatic hydroxyl groups is 2. The van der Waals surface area contributed by atoms with E-state index in [-0.39, 0.29) is 24.0 Å². The normalized spacial score (nSPS) is 33.7. The molecule has 1 aliphatic heterocycles. The fourth-order valence-electron chi connectivity index (χ4n) is 4.87. The molecule has 1 aliphatic rings. The van der Waals surface area contributed by atoms with Gasteiger partial charge in [0, 0.05) is 17.2 Å². The summed E-state index contributed by atoms with van der Waals surface area (Å²) >= 11 is 1.56. The molecule has 0 amide bonds. The van der Waals surface area contributed by atoms with Crippen LogP contribution in [0.3, 0.4) is 0 Å². The first-order valence-electron chi connectivity index (χ1n) is 12.6. The minimum absolute atomic E-state index is 0.0514. The molecule has 0 unspecified atom stereocenters. The molecule has 0 saturated carbocycles. The molecule has 0 aliphatic carbocycles. The number of thiazole rings is 1. The van der Waals surface area contributed by atoms with Crippen molar-refractivity contribution in [1.82, 2.24) is 4.98 Å². The van der Waals surface area contributed by atoms with Crippen molar-refractivity contribution >= 4 is 29.2 Å². The third-order valence-electron chi connectivity index (χ3n) is 7.31. The Morgan fingerprint density at radius 2 is 1.86 bits per heavy atom. The van der Waals surface area contributed by atoms with Crippen molar-refractivity contribution in [3.63, 3.8) is 0 Å². The number of hydrogen-bond donors (Lipinski definition) is 2. The van der Waals surface area contributed by atoms with Crippen LogP contribution in [0.1, 0.15) is 84.9 Å². The van der Waals surface area contributed by atoms with Gasteiger partial charge in [-0.2, -0.15) is 0 Å². The largest absolute Gasteiger partial charge is 0.457 e. The van der Waals surface area contributed by atoms with Crippen LogP contribution in [-0.2, 0) is 14.3 Å². The van der Waals surface area contributed by atoms with Crippen LogP contribution in [0.2, 0.25) is 0 Å². The number of cyclic esters (lactones) is 1. The van der Waals surface area contributed by atoms with E-state index in [0.29, 0.717) is 0 Å².